The number of hydrogen-bond acceptors (Lipinski definition) is 6. The number of alkyl halides is 3. The topological polar surface area (TPSA) is 105 Å². The van der Waals surface area contributed by atoms with Crippen molar-refractivity contribution in [2.24, 2.45) is 0 Å². The molecule has 164 valence electrons. The Kier molecular flexibility index (Phi) is 5.25. The SMILES string of the molecule is O=C1CC(C(=O)NC2(c3ccc(OC(F)(F)F)c(F)c3)CC2)NC(c2ncccn2)N1. The van der Waals surface area contributed by atoms with Crippen molar-refractivity contribution in [2.45, 2.75) is 43.4 Å². The molecule has 12 heteroatoms. The van der Waals surface area contributed by atoms with Crippen LogP contribution in [0, 0.1) is 5.82 Å². The summed E-state index contributed by atoms with van der Waals surface area (Å²) in [6, 6.07) is 3.78. The van der Waals surface area contributed by atoms with Crippen LogP contribution in [0.4, 0.5) is 17.6 Å². The fraction of sp³-hybridized carbons (Fsp3) is 0.368. The highest BCUT2D eigenvalue weighted by molar-refractivity contribution is 5.90. The molecule has 1 aliphatic heterocycles. The molecule has 0 radical (unpaired) electrons. The average molecular weight is 439 g/mol. The number of hydrogen-bond donors (Lipinski definition) is 3. The molecule has 1 aliphatic carbocycles. The van der Waals surface area contributed by atoms with Gasteiger partial charge in [0.2, 0.25) is 11.8 Å². The van der Waals surface area contributed by atoms with E-state index < -0.39 is 41.6 Å². The Morgan fingerprint density at radius 2 is 1.94 bits per heavy atom. The summed E-state index contributed by atoms with van der Waals surface area (Å²) in [4.78, 5) is 33.0. The zero-order valence-electron chi connectivity index (χ0n) is 15.9. The van der Waals surface area contributed by atoms with Gasteiger partial charge < -0.3 is 15.4 Å². The lowest BCUT2D eigenvalue weighted by atomic mass is 10.0. The molecular weight excluding hydrogens is 422 g/mol. The molecule has 1 aromatic heterocycles. The maximum atomic E-state index is 14.1. The Labute approximate surface area is 173 Å². The first-order valence-corrected chi connectivity index (χ1v) is 9.35. The van der Waals surface area contributed by atoms with Gasteiger partial charge in [0, 0.05) is 12.4 Å². The van der Waals surface area contributed by atoms with E-state index in [0.717, 1.165) is 12.1 Å². The molecule has 1 saturated heterocycles. The number of amides is 2. The van der Waals surface area contributed by atoms with Crippen LogP contribution in [0.3, 0.4) is 0 Å². The Morgan fingerprint density at radius 3 is 2.55 bits per heavy atom. The Bertz CT molecular complexity index is 998. The lowest BCUT2D eigenvalue weighted by Crippen LogP contribution is -2.57. The first-order chi connectivity index (χ1) is 14.7. The van der Waals surface area contributed by atoms with E-state index in [4.69, 9.17) is 0 Å². The van der Waals surface area contributed by atoms with Crippen LogP contribution in [0.25, 0.3) is 0 Å². The molecule has 2 amide bonds. The number of nitrogens with zero attached hydrogens (tertiary/aromatic N) is 2. The first-order valence-electron chi connectivity index (χ1n) is 9.35. The van der Waals surface area contributed by atoms with E-state index in [-0.39, 0.29) is 18.2 Å². The molecule has 0 spiro atoms. The average Bonchev–Trinajstić information content (AvgIpc) is 3.49. The molecule has 0 bridgehead atoms. The van der Waals surface area contributed by atoms with E-state index >= 15 is 0 Å². The number of aromatic nitrogens is 2. The molecule has 8 nitrogen and oxygen atoms in total. The quantitative estimate of drug-likeness (QED) is 0.614. The number of ether oxygens (including phenoxy) is 1. The highest BCUT2D eigenvalue weighted by Crippen LogP contribution is 2.46. The Morgan fingerprint density at radius 1 is 1.23 bits per heavy atom. The third kappa shape index (κ3) is 4.74. The van der Waals surface area contributed by atoms with Gasteiger partial charge in [0.1, 0.15) is 6.17 Å². The zero-order valence-corrected chi connectivity index (χ0v) is 15.9. The van der Waals surface area contributed by atoms with Gasteiger partial charge in [-0.15, -0.1) is 13.2 Å². The number of carbonyl (C=O) groups excluding carboxylic acids is 2. The molecule has 2 aliphatic rings. The van der Waals surface area contributed by atoms with Crippen LogP contribution in [-0.2, 0) is 15.1 Å². The minimum absolute atomic E-state index is 0.127. The first kappa shape index (κ1) is 21.0. The number of carbonyl (C=O) groups is 2. The van der Waals surface area contributed by atoms with Gasteiger partial charge >= 0.3 is 6.36 Å². The van der Waals surface area contributed by atoms with Gasteiger partial charge in [-0.3, -0.25) is 14.9 Å². The third-order valence-corrected chi connectivity index (χ3v) is 5.05. The van der Waals surface area contributed by atoms with Gasteiger partial charge in [0.15, 0.2) is 17.4 Å². The second-order valence-corrected chi connectivity index (χ2v) is 7.30. The highest BCUT2D eigenvalue weighted by Gasteiger charge is 2.48. The molecule has 1 aromatic carbocycles. The van der Waals surface area contributed by atoms with Crippen molar-refractivity contribution in [3.05, 3.63) is 53.9 Å². The molecule has 2 fully saturated rings. The summed E-state index contributed by atoms with van der Waals surface area (Å²) in [5.41, 5.74) is -0.598. The van der Waals surface area contributed by atoms with Crippen LogP contribution in [0.5, 0.6) is 5.75 Å². The van der Waals surface area contributed by atoms with Crippen LogP contribution < -0.4 is 20.7 Å². The zero-order chi connectivity index (χ0) is 22.2. The van der Waals surface area contributed by atoms with E-state index in [1.54, 1.807) is 6.07 Å². The van der Waals surface area contributed by atoms with Crippen molar-refractivity contribution >= 4 is 11.8 Å². The van der Waals surface area contributed by atoms with Crippen molar-refractivity contribution in [2.75, 3.05) is 0 Å². The van der Waals surface area contributed by atoms with Crippen molar-refractivity contribution in [3.63, 3.8) is 0 Å². The molecule has 3 N–H and O–H groups in total. The second-order valence-electron chi connectivity index (χ2n) is 7.30. The molecule has 1 saturated carbocycles. The van der Waals surface area contributed by atoms with Crippen LogP contribution in [0.2, 0.25) is 0 Å². The molecule has 2 aromatic rings. The summed E-state index contributed by atoms with van der Waals surface area (Å²) in [5.74, 6) is -2.72. The van der Waals surface area contributed by atoms with E-state index in [9.17, 15) is 27.2 Å². The lowest BCUT2D eigenvalue weighted by Gasteiger charge is -2.31. The van der Waals surface area contributed by atoms with Crippen molar-refractivity contribution < 1.29 is 31.9 Å². The predicted molar refractivity (Wildman–Crippen MR) is 96.6 cm³/mol. The van der Waals surface area contributed by atoms with Gasteiger partial charge in [0.25, 0.3) is 0 Å². The summed E-state index contributed by atoms with van der Waals surface area (Å²) in [6.07, 6.45) is -1.95. The molecule has 2 atom stereocenters. The molecule has 4 rings (SSSR count). The van der Waals surface area contributed by atoms with Gasteiger partial charge in [-0.25, -0.2) is 14.4 Å². The molecule has 2 unspecified atom stereocenters. The number of nitrogens with one attached hydrogen (secondary N) is 3. The number of rotatable bonds is 5. The van der Waals surface area contributed by atoms with Crippen LogP contribution in [0.1, 0.15) is 36.8 Å². The summed E-state index contributed by atoms with van der Waals surface area (Å²) in [7, 11) is 0. The van der Waals surface area contributed by atoms with E-state index in [0.29, 0.717) is 18.4 Å². The smallest absolute Gasteiger partial charge is 0.403 e. The van der Waals surface area contributed by atoms with Crippen molar-refractivity contribution in [1.29, 1.82) is 0 Å². The minimum atomic E-state index is -5.01. The summed E-state index contributed by atoms with van der Waals surface area (Å²) >= 11 is 0. The molecular formula is C19H17F4N5O3. The minimum Gasteiger partial charge on any atom is -0.403 e. The summed E-state index contributed by atoms with van der Waals surface area (Å²) in [6.45, 7) is 0. The van der Waals surface area contributed by atoms with E-state index in [1.807, 2.05) is 0 Å². The lowest BCUT2D eigenvalue weighted by molar-refractivity contribution is -0.275. The molecule has 31 heavy (non-hydrogen) atoms. The summed E-state index contributed by atoms with van der Waals surface area (Å²) < 4.78 is 54.8. The number of benzene rings is 1. The normalized spacial score (nSPS) is 22.4. The fourth-order valence-electron chi connectivity index (χ4n) is 3.41. The van der Waals surface area contributed by atoms with E-state index in [2.05, 4.69) is 30.7 Å². The fourth-order valence-corrected chi connectivity index (χ4v) is 3.41. The highest BCUT2D eigenvalue weighted by atomic mass is 19.4. The predicted octanol–water partition coefficient (Wildman–Crippen LogP) is 1.80. The van der Waals surface area contributed by atoms with Crippen molar-refractivity contribution in [3.8, 4) is 5.75 Å². The van der Waals surface area contributed by atoms with Crippen LogP contribution in [0.15, 0.2) is 36.7 Å². The van der Waals surface area contributed by atoms with Gasteiger partial charge in [-0.05, 0) is 36.6 Å². The summed E-state index contributed by atoms with van der Waals surface area (Å²) in [5, 5.41) is 8.40. The van der Waals surface area contributed by atoms with E-state index in [1.165, 1.54) is 18.5 Å². The van der Waals surface area contributed by atoms with Crippen LogP contribution >= 0.6 is 0 Å². The standard InChI is InChI=1S/C19H17F4N5O3/c20-11-8-10(2-3-13(11)31-19(21,22)23)18(4-5-18)28-17(30)12-9-14(29)27-16(26-12)15-24-6-1-7-25-15/h1-3,6-8,12,16,26H,4-5,9H2,(H,27,29)(H,28,30). The second kappa shape index (κ2) is 7.76. The Balaban J connectivity index is 1.46. The third-order valence-electron chi connectivity index (χ3n) is 5.05. The van der Waals surface area contributed by atoms with Gasteiger partial charge in [0.05, 0.1) is 18.0 Å². The largest absolute Gasteiger partial charge is 0.573 e. The maximum absolute atomic E-state index is 14.1. The monoisotopic (exact) mass is 439 g/mol. The number of halogens is 4. The van der Waals surface area contributed by atoms with Gasteiger partial charge in [-0.2, -0.15) is 0 Å². The Hall–Kier alpha value is -3.28. The van der Waals surface area contributed by atoms with Crippen molar-refractivity contribution in [1.82, 2.24) is 25.9 Å². The van der Waals surface area contributed by atoms with Crippen LogP contribution in [-0.4, -0.2) is 34.2 Å². The van der Waals surface area contributed by atoms with Gasteiger partial charge in [-0.1, -0.05) is 6.07 Å². The maximum Gasteiger partial charge on any atom is 0.573 e. The molecule has 2 heterocycles.